The summed E-state index contributed by atoms with van der Waals surface area (Å²) in [7, 11) is 0. The van der Waals surface area contributed by atoms with Gasteiger partial charge in [-0.2, -0.15) is 0 Å². The van der Waals surface area contributed by atoms with E-state index in [1.165, 1.54) is 0 Å². The molecule has 0 saturated heterocycles. The molecule has 0 radical (unpaired) electrons. The van der Waals surface area contributed by atoms with Gasteiger partial charge in [-0.25, -0.2) is 9.59 Å². The zero-order chi connectivity index (χ0) is 10.1. The lowest BCUT2D eigenvalue weighted by molar-refractivity contribution is -0.152. The molecule has 0 fully saturated rings. The van der Waals surface area contributed by atoms with E-state index in [1.807, 2.05) is 12.2 Å². The molecule has 0 aromatic carbocycles. The summed E-state index contributed by atoms with van der Waals surface area (Å²) in [5.41, 5.74) is 1.18. The molecule has 0 spiro atoms. The Hall–Kier alpha value is -1.38. The quantitative estimate of drug-likeness (QED) is 0.327. The predicted octanol–water partition coefficient (Wildman–Crippen LogP) is 1.21. The van der Waals surface area contributed by atoms with Crippen molar-refractivity contribution in [2.75, 3.05) is 0 Å². The topological polar surface area (TPSA) is 43.4 Å². The number of carbonyl (C=O) groups excluding carboxylic acids is 2. The Bertz CT molecular complexity index is 390. The fraction of sp³-hybridized carbons (Fsp3) is 0.455. The molecule has 0 N–H and O–H groups in total. The molecule has 2 bridgehead atoms. The Morgan fingerprint density at radius 1 is 1.07 bits per heavy atom. The molecule has 0 amide bonds. The number of allylic oxidation sites excluding steroid dienone is 2. The summed E-state index contributed by atoms with van der Waals surface area (Å²) in [6.07, 6.45) is 4.03. The summed E-state index contributed by atoms with van der Waals surface area (Å²) in [5.74, 6) is -0.729. The van der Waals surface area contributed by atoms with Crippen LogP contribution in [0, 0.1) is 17.3 Å². The monoisotopic (exact) mass is 190 g/mol. The molecule has 1 aliphatic heterocycles. The number of ether oxygens (including phenoxy) is 1. The second-order valence-electron chi connectivity index (χ2n) is 4.67. The van der Waals surface area contributed by atoms with Crippen LogP contribution in [0.1, 0.15) is 13.8 Å². The van der Waals surface area contributed by atoms with Gasteiger partial charge in [-0.15, -0.1) is 0 Å². The third kappa shape index (κ3) is 0.626. The van der Waals surface area contributed by atoms with Crippen molar-refractivity contribution in [2.45, 2.75) is 13.8 Å². The molecule has 3 rings (SSSR count). The first kappa shape index (κ1) is 7.97. The number of hydrogen-bond donors (Lipinski definition) is 0. The zero-order valence-corrected chi connectivity index (χ0v) is 8.03. The third-order valence-electron chi connectivity index (χ3n) is 3.64. The van der Waals surface area contributed by atoms with Gasteiger partial charge in [-0.05, 0) is 5.41 Å². The van der Waals surface area contributed by atoms with Gasteiger partial charge >= 0.3 is 11.9 Å². The van der Waals surface area contributed by atoms with Crippen LogP contribution < -0.4 is 0 Å². The molecule has 2 unspecified atom stereocenters. The van der Waals surface area contributed by atoms with Gasteiger partial charge in [0.1, 0.15) is 0 Å². The Balaban J connectivity index is 2.20. The van der Waals surface area contributed by atoms with Gasteiger partial charge in [0.15, 0.2) is 0 Å². The molecular weight excluding hydrogens is 180 g/mol. The lowest BCUT2D eigenvalue weighted by Gasteiger charge is -2.26. The van der Waals surface area contributed by atoms with E-state index in [9.17, 15) is 9.59 Å². The van der Waals surface area contributed by atoms with Gasteiger partial charge < -0.3 is 4.74 Å². The molecule has 3 nitrogen and oxygen atoms in total. The average molecular weight is 190 g/mol. The lowest BCUT2D eigenvalue weighted by Crippen LogP contribution is -2.25. The Morgan fingerprint density at radius 2 is 1.50 bits per heavy atom. The summed E-state index contributed by atoms with van der Waals surface area (Å²) >= 11 is 0. The second kappa shape index (κ2) is 2.00. The van der Waals surface area contributed by atoms with Crippen LogP contribution in [0.3, 0.4) is 0 Å². The molecule has 0 saturated carbocycles. The SMILES string of the molecule is CC1(C)C2C=CC1C1=C2C(=O)OC1=O. The maximum Gasteiger partial charge on any atom is 0.343 e. The molecule has 2 atom stereocenters. The van der Waals surface area contributed by atoms with Crippen molar-refractivity contribution < 1.29 is 14.3 Å². The van der Waals surface area contributed by atoms with E-state index in [-0.39, 0.29) is 17.3 Å². The zero-order valence-electron chi connectivity index (χ0n) is 8.03. The van der Waals surface area contributed by atoms with Crippen molar-refractivity contribution >= 4 is 11.9 Å². The average Bonchev–Trinajstić information content (AvgIpc) is 2.63. The van der Waals surface area contributed by atoms with Gasteiger partial charge in [0.2, 0.25) is 0 Å². The van der Waals surface area contributed by atoms with Crippen molar-refractivity contribution in [3.05, 3.63) is 23.3 Å². The van der Waals surface area contributed by atoms with Crippen LogP contribution in [0.25, 0.3) is 0 Å². The van der Waals surface area contributed by atoms with Crippen molar-refractivity contribution in [3.8, 4) is 0 Å². The highest BCUT2D eigenvalue weighted by atomic mass is 16.6. The third-order valence-corrected chi connectivity index (χ3v) is 3.64. The number of cyclic esters (lactones) is 2. The highest BCUT2D eigenvalue weighted by Gasteiger charge is 2.57. The molecule has 14 heavy (non-hydrogen) atoms. The summed E-state index contributed by atoms with van der Waals surface area (Å²) < 4.78 is 4.61. The van der Waals surface area contributed by atoms with Crippen LogP contribution in [0.2, 0.25) is 0 Å². The molecular formula is C11H10O3. The lowest BCUT2D eigenvalue weighted by atomic mass is 9.77. The molecule has 2 aliphatic carbocycles. The Kier molecular flexibility index (Phi) is 1.14. The van der Waals surface area contributed by atoms with E-state index < -0.39 is 11.9 Å². The fourth-order valence-corrected chi connectivity index (χ4v) is 2.85. The summed E-state index contributed by atoms with van der Waals surface area (Å²) in [6, 6.07) is 0. The minimum Gasteiger partial charge on any atom is -0.386 e. The maximum absolute atomic E-state index is 11.4. The van der Waals surface area contributed by atoms with E-state index >= 15 is 0 Å². The summed E-state index contributed by atoms with van der Waals surface area (Å²) in [6.45, 7) is 4.17. The largest absolute Gasteiger partial charge is 0.386 e. The minimum absolute atomic E-state index is 0.0280. The van der Waals surface area contributed by atoms with Crippen molar-refractivity contribution in [3.63, 3.8) is 0 Å². The van der Waals surface area contributed by atoms with Gasteiger partial charge in [0.05, 0.1) is 11.1 Å². The first-order valence-electron chi connectivity index (χ1n) is 4.72. The van der Waals surface area contributed by atoms with Crippen LogP contribution in [-0.4, -0.2) is 11.9 Å². The van der Waals surface area contributed by atoms with Gasteiger partial charge in [-0.3, -0.25) is 0 Å². The first-order valence-corrected chi connectivity index (χ1v) is 4.72. The number of rotatable bonds is 0. The normalized spacial score (nSPS) is 36.7. The van der Waals surface area contributed by atoms with Gasteiger partial charge in [0.25, 0.3) is 0 Å². The fourth-order valence-electron chi connectivity index (χ4n) is 2.85. The van der Waals surface area contributed by atoms with Crippen LogP contribution in [0.4, 0.5) is 0 Å². The van der Waals surface area contributed by atoms with E-state index in [2.05, 4.69) is 18.6 Å². The first-order chi connectivity index (χ1) is 6.53. The van der Waals surface area contributed by atoms with Crippen LogP contribution >= 0.6 is 0 Å². The minimum atomic E-state index is -0.435. The van der Waals surface area contributed by atoms with Crippen LogP contribution in [0.15, 0.2) is 23.3 Å². The van der Waals surface area contributed by atoms with Gasteiger partial charge in [0, 0.05) is 11.8 Å². The Morgan fingerprint density at radius 3 is 1.93 bits per heavy atom. The number of hydrogen-bond acceptors (Lipinski definition) is 3. The van der Waals surface area contributed by atoms with Crippen molar-refractivity contribution in [1.82, 2.24) is 0 Å². The molecule has 0 aromatic heterocycles. The second-order valence-corrected chi connectivity index (χ2v) is 4.67. The van der Waals surface area contributed by atoms with Crippen molar-refractivity contribution in [2.24, 2.45) is 17.3 Å². The number of esters is 2. The predicted molar refractivity (Wildman–Crippen MR) is 48.0 cm³/mol. The highest BCUT2D eigenvalue weighted by Crippen LogP contribution is 2.58. The smallest absolute Gasteiger partial charge is 0.343 e. The number of carbonyl (C=O) groups is 2. The van der Waals surface area contributed by atoms with E-state index in [1.54, 1.807) is 0 Å². The van der Waals surface area contributed by atoms with Crippen LogP contribution in [-0.2, 0) is 14.3 Å². The molecule has 3 aliphatic rings. The molecule has 72 valence electrons. The number of fused-ring (bicyclic) bond motifs is 4. The maximum atomic E-state index is 11.4. The van der Waals surface area contributed by atoms with Crippen LogP contribution in [0.5, 0.6) is 0 Å². The van der Waals surface area contributed by atoms with E-state index in [4.69, 9.17) is 0 Å². The van der Waals surface area contributed by atoms with E-state index in [0.717, 1.165) is 0 Å². The van der Waals surface area contributed by atoms with E-state index in [0.29, 0.717) is 11.1 Å². The summed E-state index contributed by atoms with van der Waals surface area (Å²) in [5, 5.41) is 0. The molecule has 1 heterocycles. The molecule has 0 aromatic rings. The summed E-state index contributed by atoms with van der Waals surface area (Å²) in [4.78, 5) is 22.8. The Labute approximate surface area is 81.4 Å². The molecule has 3 heteroatoms. The van der Waals surface area contributed by atoms with Crippen molar-refractivity contribution in [1.29, 1.82) is 0 Å². The van der Waals surface area contributed by atoms with Gasteiger partial charge in [-0.1, -0.05) is 26.0 Å². The highest BCUT2D eigenvalue weighted by molar-refractivity contribution is 6.14. The standard InChI is InChI=1S/C11H10O3/c1-11(2)5-3-4-6(11)8-7(5)9(12)14-10(8)13/h3-6H,1-2H3.